The molecule has 2 aromatic carbocycles. The van der Waals surface area contributed by atoms with E-state index in [1.165, 1.54) is 6.33 Å². The summed E-state index contributed by atoms with van der Waals surface area (Å²) >= 11 is 12.6. The Morgan fingerprint density at radius 3 is 2.62 bits per heavy atom. The molecule has 9 heteroatoms. The fourth-order valence-corrected chi connectivity index (χ4v) is 5.02. The van der Waals surface area contributed by atoms with Crippen LogP contribution in [0.4, 0.5) is 5.95 Å². The maximum Gasteiger partial charge on any atom is 0.226 e. The number of benzene rings is 2. The molecule has 2 aliphatic rings. The Balaban J connectivity index is 1.57. The van der Waals surface area contributed by atoms with Gasteiger partial charge >= 0.3 is 0 Å². The zero-order valence-corrected chi connectivity index (χ0v) is 18.9. The molecule has 0 saturated carbocycles. The monoisotopic (exact) mass is 470 g/mol. The van der Waals surface area contributed by atoms with Gasteiger partial charge in [0.1, 0.15) is 12.4 Å². The fourth-order valence-electron chi connectivity index (χ4n) is 4.51. The van der Waals surface area contributed by atoms with Gasteiger partial charge in [-0.25, -0.2) is 4.68 Å². The molecule has 3 aromatic rings. The second-order valence-corrected chi connectivity index (χ2v) is 8.60. The zero-order chi connectivity index (χ0) is 22.4. The molecule has 0 amide bonds. The number of anilines is 1. The van der Waals surface area contributed by atoms with E-state index in [0.717, 1.165) is 16.8 Å². The molecule has 0 fully saturated rings. The Bertz CT molecular complexity index is 1250. The molecule has 0 unspecified atom stereocenters. The minimum absolute atomic E-state index is 0.00985. The highest BCUT2D eigenvalue weighted by molar-refractivity contribution is 6.35. The molecule has 164 valence electrons. The first-order chi connectivity index (χ1) is 15.5. The SMILES string of the molecule is COc1ccc([C@@H]2CC(=O)C3=C(C2)Nc2ncnn2[C@H]3c2ccc(Cl)cc2Cl)cc1OC. The van der Waals surface area contributed by atoms with Gasteiger partial charge in [-0.3, -0.25) is 4.79 Å². The maximum absolute atomic E-state index is 13.5. The van der Waals surface area contributed by atoms with Crippen LogP contribution >= 0.6 is 23.2 Å². The Morgan fingerprint density at radius 2 is 1.88 bits per heavy atom. The summed E-state index contributed by atoms with van der Waals surface area (Å²) in [6, 6.07) is 10.6. The molecule has 1 aromatic heterocycles. The third kappa shape index (κ3) is 3.42. The van der Waals surface area contributed by atoms with Crippen LogP contribution in [0, 0.1) is 0 Å². The minimum Gasteiger partial charge on any atom is -0.493 e. The molecule has 7 nitrogen and oxygen atoms in total. The van der Waals surface area contributed by atoms with Crippen LogP contribution < -0.4 is 14.8 Å². The summed E-state index contributed by atoms with van der Waals surface area (Å²) in [4.78, 5) is 17.8. The lowest BCUT2D eigenvalue weighted by Crippen LogP contribution is -2.33. The number of methoxy groups -OCH3 is 2. The molecule has 32 heavy (non-hydrogen) atoms. The Labute approximate surface area is 195 Å². The number of halogens is 2. The van der Waals surface area contributed by atoms with E-state index in [-0.39, 0.29) is 11.7 Å². The number of carbonyl (C=O) groups is 1. The fraction of sp³-hybridized carbons (Fsp3) is 0.261. The van der Waals surface area contributed by atoms with Gasteiger partial charge in [0.2, 0.25) is 5.95 Å². The minimum atomic E-state index is -0.465. The number of nitrogens with one attached hydrogen (secondary N) is 1. The van der Waals surface area contributed by atoms with E-state index in [4.69, 9.17) is 32.7 Å². The molecule has 1 aliphatic carbocycles. The number of rotatable bonds is 4. The van der Waals surface area contributed by atoms with Crippen molar-refractivity contribution in [2.75, 3.05) is 19.5 Å². The van der Waals surface area contributed by atoms with Crippen LogP contribution in [0.25, 0.3) is 0 Å². The normalized spacial score (nSPS) is 19.8. The number of fused-ring (bicyclic) bond motifs is 1. The van der Waals surface area contributed by atoms with E-state index < -0.39 is 6.04 Å². The Kier molecular flexibility index (Phi) is 5.31. The number of ketones is 1. The quantitative estimate of drug-likeness (QED) is 0.576. The van der Waals surface area contributed by atoms with Gasteiger partial charge in [-0.15, -0.1) is 0 Å². The van der Waals surface area contributed by atoms with Gasteiger partial charge in [0.25, 0.3) is 0 Å². The second-order valence-electron chi connectivity index (χ2n) is 7.76. The number of Topliss-reactive ketones (excluding diaryl/α,β-unsaturated/α-hetero) is 1. The zero-order valence-electron chi connectivity index (χ0n) is 17.4. The molecule has 2 heterocycles. The lowest BCUT2D eigenvalue weighted by molar-refractivity contribution is -0.116. The van der Waals surface area contributed by atoms with Crippen LogP contribution in [0.3, 0.4) is 0 Å². The molecule has 1 aliphatic heterocycles. The Hall–Kier alpha value is -3.03. The first kappa shape index (κ1) is 20.8. The third-order valence-corrected chi connectivity index (χ3v) is 6.56. The molecule has 0 saturated heterocycles. The van der Waals surface area contributed by atoms with Crippen LogP contribution in [0.2, 0.25) is 10.0 Å². The smallest absolute Gasteiger partial charge is 0.226 e. The first-order valence-corrected chi connectivity index (χ1v) is 10.9. The lowest BCUT2D eigenvalue weighted by Gasteiger charge is -2.35. The van der Waals surface area contributed by atoms with Crippen molar-refractivity contribution in [3.63, 3.8) is 0 Å². The number of hydrogen-bond donors (Lipinski definition) is 1. The van der Waals surface area contributed by atoms with Crippen molar-refractivity contribution in [2.24, 2.45) is 0 Å². The summed E-state index contributed by atoms with van der Waals surface area (Å²) in [7, 11) is 3.20. The number of hydrogen-bond acceptors (Lipinski definition) is 6. The summed E-state index contributed by atoms with van der Waals surface area (Å²) in [6.07, 6.45) is 2.47. The van der Waals surface area contributed by atoms with Crippen molar-refractivity contribution < 1.29 is 14.3 Å². The van der Waals surface area contributed by atoms with E-state index >= 15 is 0 Å². The van der Waals surface area contributed by atoms with Gasteiger partial charge in [0, 0.05) is 33.3 Å². The predicted molar refractivity (Wildman–Crippen MR) is 122 cm³/mol. The molecule has 0 spiro atoms. The van der Waals surface area contributed by atoms with Crippen molar-refractivity contribution in [3.05, 3.63) is 75.2 Å². The van der Waals surface area contributed by atoms with Gasteiger partial charge in [-0.1, -0.05) is 35.3 Å². The van der Waals surface area contributed by atoms with E-state index in [1.807, 2.05) is 24.3 Å². The van der Waals surface area contributed by atoms with Crippen LogP contribution in [0.5, 0.6) is 11.5 Å². The summed E-state index contributed by atoms with van der Waals surface area (Å²) < 4.78 is 12.5. The second kappa shape index (κ2) is 8.15. The largest absolute Gasteiger partial charge is 0.493 e. The van der Waals surface area contributed by atoms with E-state index in [9.17, 15) is 4.79 Å². The van der Waals surface area contributed by atoms with Gasteiger partial charge in [-0.05, 0) is 42.2 Å². The topological polar surface area (TPSA) is 78.3 Å². The van der Waals surface area contributed by atoms with Crippen molar-refractivity contribution in [1.82, 2.24) is 14.8 Å². The van der Waals surface area contributed by atoms with Crippen molar-refractivity contribution >= 4 is 34.9 Å². The number of allylic oxidation sites excluding steroid dienone is 2. The average molecular weight is 471 g/mol. The lowest BCUT2D eigenvalue weighted by atomic mass is 9.78. The number of aromatic nitrogens is 3. The molecule has 0 radical (unpaired) electrons. The highest BCUT2D eigenvalue weighted by Crippen LogP contribution is 2.46. The number of ether oxygens (including phenoxy) is 2. The molecule has 0 bridgehead atoms. The van der Waals surface area contributed by atoms with Gasteiger partial charge < -0.3 is 14.8 Å². The summed E-state index contributed by atoms with van der Waals surface area (Å²) in [6.45, 7) is 0. The molecule has 1 N–H and O–H groups in total. The summed E-state index contributed by atoms with van der Waals surface area (Å²) in [5.74, 6) is 1.89. The maximum atomic E-state index is 13.5. The van der Waals surface area contributed by atoms with Crippen LogP contribution in [0.1, 0.15) is 35.9 Å². The van der Waals surface area contributed by atoms with E-state index in [0.29, 0.717) is 45.9 Å². The van der Waals surface area contributed by atoms with Gasteiger partial charge in [-0.2, -0.15) is 10.1 Å². The standard InChI is InChI=1S/C23H20Cl2N4O3/c1-31-19-6-3-12(9-20(19)32-2)13-7-17-21(18(30)8-13)22(29-23(28-17)26-11-27-29)15-5-4-14(24)10-16(15)25/h3-6,9-11,13,22H,7-8H2,1-2H3,(H,26,27,28)/t13-,22-/m0/s1. The van der Waals surface area contributed by atoms with E-state index in [2.05, 4.69) is 15.4 Å². The van der Waals surface area contributed by atoms with Crippen molar-refractivity contribution in [2.45, 2.75) is 24.8 Å². The van der Waals surface area contributed by atoms with Crippen LogP contribution in [0.15, 0.2) is 54.0 Å². The van der Waals surface area contributed by atoms with Gasteiger partial charge in [0.05, 0.1) is 14.2 Å². The number of carbonyl (C=O) groups excluding carboxylic acids is 1. The predicted octanol–water partition coefficient (Wildman–Crippen LogP) is 5.02. The summed E-state index contributed by atoms with van der Waals surface area (Å²) in [5.41, 5.74) is 3.26. The third-order valence-electron chi connectivity index (χ3n) is 6.00. The van der Waals surface area contributed by atoms with Crippen molar-refractivity contribution in [3.8, 4) is 11.5 Å². The molecule has 5 rings (SSSR count). The Morgan fingerprint density at radius 1 is 1.06 bits per heavy atom. The van der Waals surface area contributed by atoms with Crippen LogP contribution in [-0.2, 0) is 4.79 Å². The van der Waals surface area contributed by atoms with E-state index in [1.54, 1.807) is 31.0 Å². The first-order valence-electron chi connectivity index (χ1n) is 10.1. The average Bonchev–Trinajstić information content (AvgIpc) is 3.25. The highest BCUT2D eigenvalue weighted by atomic mass is 35.5. The van der Waals surface area contributed by atoms with Gasteiger partial charge in [0.15, 0.2) is 17.3 Å². The van der Waals surface area contributed by atoms with Crippen molar-refractivity contribution in [1.29, 1.82) is 0 Å². The van der Waals surface area contributed by atoms with Crippen LogP contribution in [-0.4, -0.2) is 34.8 Å². The molecule has 2 atom stereocenters. The summed E-state index contributed by atoms with van der Waals surface area (Å²) in [5, 5.41) is 8.68. The number of nitrogens with zero attached hydrogens (tertiary/aromatic N) is 3. The molecular weight excluding hydrogens is 451 g/mol. The molecular formula is C23H20Cl2N4O3. The highest BCUT2D eigenvalue weighted by Gasteiger charge is 2.40.